The molecule has 3 saturated carbocycles. The highest BCUT2D eigenvalue weighted by Crippen LogP contribution is 2.79. The number of nitrogens with zero attached hydrogens (tertiary/aromatic N) is 1. The fourth-order valence-corrected chi connectivity index (χ4v) is 7.56. The van der Waals surface area contributed by atoms with Crippen LogP contribution in [0.4, 0.5) is 5.69 Å². The van der Waals surface area contributed by atoms with E-state index in [1.54, 1.807) is 0 Å². The predicted molar refractivity (Wildman–Crippen MR) is 94.6 cm³/mol. The number of allylic oxidation sites excluding steroid dienone is 2. The maximum atomic E-state index is 13.4. The zero-order chi connectivity index (χ0) is 16.8. The van der Waals surface area contributed by atoms with E-state index in [1.165, 1.54) is 43.4 Å². The maximum Gasteiger partial charge on any atom is 0.238 e. The molecule has 128 valence electrons. The van der Waals surface area contributed by atoms with Crippen molar-refractivity contribution in [1.29, 1.82) is 0 Å². The van der Waals surface area contributed by atoms with Crippen molar-refractivity contribution in [2.24, 2.45) is 34.5 Å². The monoisotopic (exact) mass is 333 g/mol. The van der Waals surface area contributed by atoms with Crippen molar-refractivity contribution in [3.8, 4) is 0 Å². The Morgan fingerprint density at radius 2 is 1.28 bits per heavy atom. The number of imide groups is 1. The Labute approximate surface area is 148 Å². The van der Waals surface area contributed by atoms with E-state index in [1.807, 2.05) is 30.3 Å². The Morgan fingerprint density at radius 3 is 1.76 bits per heavy atom. The molecule has 1 aromatic rings. The van der Waals surface area contributed by atoms with E-state index in [2.05, 4.69) is 12.2 Å². The number of para-hydroxylation sites is 1. The minimum atomic E-state index is -0.116. The summed E-state index contributed by atoms with van der Waals surface area (Å²) in [5.41, 5.74) is 1.37. The van der Waals surface area contributed by atoms with Gasteiger partial charge < -0.3 is 0 Å². The molecule has 25 heavy (non-hydrogen) atoms. The van der Waals surface area contributed by atoms with Crippen molar-refractivity contribution in [3.05, 3.63) is 42.5 Å². The summed E-state index contributed by atoms with van der Waals surface area (Å²) < 4.78 is 0. The third-order valence-electron chi connectivity index (χ3n) is 8.49. The third kappa shape index (κ3) is 1.39. The minimum Gasteiger partial charge on any atom is -0.274 e. The lowest BCUT2D eigenvalue weighted by Crippen LogP contribution is -2.69. The number of anilines is 1. The predicted octanol–water partition coefficient (Wildman–Crippen LogP) is 3.95. The van der Waals surface area contributed by atoms with Crippen LogP contribution in [0, 0.1) is 34.5 Å². The molecule has 6 atom stereocenters. The lowest BCUT2D eigenvalue weighted by atomic mass is 9.29. The number of hydrogen-bond donors (Lipinski definition) is 0. The number of carbonyl (C=O) groups is 2. The van der Waals surface area contributed by atoms with Crippen LogP contribution in [0.5, 0.6) is 0 Å². The second kappa shape index (κ2) is 4.44. The number of benzene rings is 1. The molecule has 1 aromatic carbocycles. The summed E-state index contributed by atoms with van der Waals surface area (Å²) in [6, 6.07) is 9.53. The van der Waals surface area contributed by atoms with Gasteiger partial charge in [0.25, 0.3) is 0 Å². The minimum absolute atomic E-state index is 0.0565. The molecule has 0 aromatic heterocycles. The second-order valence-electron chi connectivity index (χ2n) is 8.85. The zero-order valence-electron chi connectivity index (χ0n) is 14.4. The molecule has 1 heterocycles. The number of carbonyl (C=O) groups excluding carboxylic acids is 2. The Balaban J connectivity index is 1.50. The Hall–Kier alpha value is -1.90. The number of rotatable bonds is 1. The summed E-state index contributed by atoms with van der Waals surface area (Å²) in [4.78, 5) is 28.2. The summed E-state index contributed by atoms with van der Waals surface area (Å²) in [7, 11) is 0. The molecule has 2 amide bonds. The average molecular weight is 333 g/mol. The summed E-state index contributed by atoms with van der Waals surface area (Å²) in [5, 5.41) is 0. The van der Waals surface area contributed by atoms with E-state index in [0.717, 1.165) is 5.69 Å². The first-order valence-electron chi connectivity index (χ1n) is 9.81. The average Bonchev–Trinajstić information content (AvgIpc) is 2.90. The first-order valence-corrected chi connectivity index (χ1v) is 9.81. The van der Waals surface area contributed by atoms with Gasteiger partial charge in [-0.15, -0.1) is 0 Å². The molecule has 2 bridgehead atoms. The SMILES string of the molecule is O=C1C2C(C(=O)N1c1ccccc1)C1C=CC2C23CCCCC12CC3. The van der Waals surface area contributed by atoms with E-state index in [-0.39, 0.29) is 35.5 Å². The van der Waals surface area contributed by atoms with Crippen molar-refractivity contribution in [1.82, 2.24) is 0 Å². The third-order valence-corrected chi connectivity index (χ3v) is 8.49. The molecule has 0 spiro atoms. The lowest BCUT2D eigenvalue weighted by Gasteiger charge is -2.74. The van der Waals surface area contributed by atoms with Gasteiger partial charge in [0.15, 0.2) is 0 Å². The highest BCUT2D eigenvalue weighted by atomic mass is 16.2. The molecule has 0 radical (unpaired) electrons. The van der Waals surface area contributed by atoms with Gasteiger partial charge in [-0.3, -0.25) is 14.5 Å². The molecule has 1 saturated heterocycles. The fraction of sp³-hybridized carbons (Fsp3) is 0.545. The molecule has 1 aliphatic heterocycles. The molecule has 6 aliphatic rings. The van der Waals surface area contributed by atoms with Crippen LogP contribution >= 0.6 is 0 Å². The smallest absolute Gasteiger partial charge is 0.238 e. The molecule has 3 heteroatoms. The number of amides is 2. The van der Waals surface area contributed by atoms with Gasteiger partial charge in [-0.1, -0.05) is 43.2 Å². The molecule has 6 unspecified atom stereocenters. The van der Waals surface area contributed by atoms with Gasteiger partial charge in [0.2, 0.25) is 11.8 Å². The summed E-state index contributed by atoms with van der Waals surface area (Å²) in [5.74, 6) is 0.439. The largest absolute Gasteiger partial charge is 0.274 e. The molecule has 0 N–H and O–H groups in total. The molecule has 3 nitrogen and oxygen atoms in total. The van der Waals surface area contributed by atoms with Gasteiger partial charge >= 0.3 is 0 Å². The van der Waals surface area contributed by atoms with Crippen LogP contribution < -0.4 is 4.90 Å². The molecular weight excluding hydrogens is 310 g/mol. The highest BCUT2D eigenvalue weighted by Gasteiger charge is 2.76. The van der Waals surface area contributed by atoms with E-state index < -0.39 is 0 Å². The van der Waals surface area contributed by atoms with Crippen molar-refractivity contribution in [2.75, 3.05) is 4.90 Å². The van der Waals surface area contributed by atoms with Crippen molar-refractivity contribution in [3.63, 3.8) is 0 Å². The van der Waals surface area contributed by atoms with Crippen LogP contribution in [0.3, 0.4) is 0 Å². The van der Waals surface area contributed by atoms with Crippen LogP contribution in [0.15, 0.2) is 42.5 Å². The van der Waals surface area contributed by atoms with Gasteiger partial charge in [-0.25, -0.2) is 0 Å². The summed E-state index contributed by atoms with van der Waals surface area (Å²) in [6.45, 7) is 0. The van der Waals surface area contributed by atoms with Crippen LogP contribution in [0.2, 0.25) is 0 Å². The van der Waals surface area contributed by atoms with E-state index in [4.69, 9.17) is 0 Å². The fourth-order valence-electron chi connectivity index (χ4n) is 7.56. The van der Waals surface area contributed by atoms with E-state index >= 15 is 0 Å². The topological polar surface area (TPSA) is 37.4 Å². The van der Waals surface area contributed by atoms with Crippen LogP contribution in [0.1, 0.15) is 38.5 Å². The maximum absolute atomic E-state index is 13.4. The molecule has 4 fully saturated rings. The summed E-state index contributed by atoms with van der Waals surface area (Å²) in [6.07, 6.45) is 12.3. The van der Waals surface area contributed by atoms with Crippen LogP contribution in [-0.2, 0) is 9.59 Å². The Bertz CT molecular complexity index is 767. The normalized spacial score (nSPS) is 46.5. The zero-order valence-corrected chi connectivity index (χ0v) is 14.4. The van der Waals surface area contributed by atoms with Gasteiger partial charge in [0.1, 0.15) is 0 Å². The van der Waals surface area contributed by atoms with Gasteiger partial charge in [0, 0.05) is 0 Å². The Morgan fingerprint density at radius 1 is 0.760 bits per heavy atom. The van der Waals surface area contributed by atoms with Gasteiger partial charge in [0.05, 0.1) is 17.5 Å². The first-order chi connectivity index (χ1) is 12.2. The van der Waals surface area contributed by atoms with Crippen molar-refractivity contribution >= 4 is 17.5 Å². The van der Waals surface area contributed by atoms with E-state index in [0.29, 0.717) is 10.8 Å². The van der Waals surface area contributed by atoms with Crippen molar-refractivity contribution < 1.29 is 9.59 Å². The molecular formula is C22H23NO2. The van der Waals surface area contributed by atoms with Gasteiger partial charge in [-0.2, -0.15) is 0 Å². The lowest BCUT2D eigenvalue weighted by molar-refractivity contribution is -0.232. The van der Waals surface area contributed by atoms with E-state index in [9.17, 15) is 9.59 Å². The Kier molecular flexibility index (Phi) is 2.53. The molecule has 7 rings (SSSR count). The van der Waals surface area contributed by atoms with Crippen molar-refractivity contribution in [2.45, 2.75) is 38.5 Å². The highest BCUT2D eigenvalue weighted by molar-refractivity contribution is 6.22. The summed E-state index contributed by atoms with van der Waals surface area (Å²) >= 11 is 0. The van der Waals surface area contributed by atoms with Crippen LogP contribution in [-0.4, -0.2) is 11.8 Å². The van der Waals surface area contributed by atoms with Gasteiger partial charge in [-0.05, 0) is 60.5 Å². The van der Waals surface area contributed by atoms with Crippen LogP contribution in [0.25, 0.3) is 0 Å². The first kappa shape index (κ1) is 14.3. The quantitative estimate of drug-likeness (QED) is 0.576. The molecule has 5 aliphatic carbocycles. The number of hydrogen-bond acceptors (Lipinski definition) is 2. The standard InChI is InChI=1S/C22H23NO2/c24-19-17-15-8-9-16(22-11-5-4-10-21(15,22)12-13-22)18(17)20(25)23(19)14-6-2-1-3-7-14/h1-3,6-9,15-18H,4-5,10-13H2. The second-order valence-corrected chi connectivity index (χ2v) is 8.85.